The summed E-state index contributed by atoms with van der Waals surface area (Å²) in [5.41, 5.74) is 13.9. The van der Waals surface area contributed by atoms with Crippen LogP contribution in [0.3, 0.4) is 0 Å². The van der Waals surface area contributed by atoms with E-state index in [2.05, 4.69) is 186 Å². The zero-order valence-electron chi connectivity index (χ0n) is 34.8. The summed E-state index contributed by atoms with van der Waals surface area (Å²) >= 11 is 0. The number of hydrogen-bond acceptors (Lipinski definition) is 4. The second-order valence-corrected chi connectivity index (χ2v) is 16.2. The fraction of sp³-hybridized carbons (Fsp3) is 0.0545. The van der Waals surface area contributed by atoms with Gasteiger partial charge in [-0.2, -0.15) is 12.1 Å². The van der Waals surface area contributed by atoms with E-state index in [4.69, 9.17) is 14.7 Å². The smallest absolute Gasteiger partial charge is 0.456 e. The molecule has 1 aliphatic heterocycles. The molecule has 0 radical (unpaired) electrons. The van der Waals surface area contributed by atoms with Gasteiger partial charge in [0.25, 0.3) is 6.71 Å². The van der Waals surface area contributed by atoms with Crippen LogP contribution in [0.4, 0.5) is 17.1 Å². The molecule has 0 amide bonds. The molecule has 6 nitrogen and oxygen atoms in total. The second kappa shape index (κ2) is 15.3. The number of hydrogen-bond donors (Lipinski definition) is 0. The van der Waals surface area contributed by atoms with Gasteiger partial charge in [-0.3, -0.25) is 0 Å². The van der Waals surface area contributed by atoms with Gasteiger partial charge in [0.05, 0.1) is 5.69 Å². The van der Waals surface area contributed by atoms with E-state index in [-0.39, 0.29) is 27.8 Å². The van der Waals surface area contributed by atoms with E-state index in [9.17, 15) is 0 Å². The van der Waals surface area contributed by atoms with Crippen LogP contribution in [-0.2, 0) is 21.1 Å². The monoisotopic (exact) mass is 990 g/mol. The number of nitrogens with zero attached hydrogens (tertiary/aromatic N) is 5. The van der Waals surface area contributed by atoms with Crippen molar-refractivity contribution in [3.05, 3.63) is 205 Å². The molecule has 0 saturated heterocycles. The molecule has 1 aliphatic rings. The molecule has 0 N–H and O–H groups in total. The van der Waals surface area contributed by atoms with Crippen LogP contribution < -0.4 is 26.0 Å². The summed E-state index contributed by atoms with van der Waals surface area (Å²) in [5.74, 6) is 3.31. The number of benzene rings is 7. The van der Waals surface area contributed by atoms with E-state index in [1.54, 1.807) is 0 Å². The number of aryl methyl sites for hydroxylation is 3. The topological polar surface area (TPSA) is 48.1 Å². The van der Waals surface area contributed by atoms with Gasteiger partial charge in [0.1, 0.15) is 23.1 Å². The van der Waals surface area contributed by atoms with Crippen LogP contribution in [0.2, 0.25) is 0 Å². The van der Waals surface area contributed by atoms with Crippen molar-refractivity contribution in [2.75, 3.05) is 4.90 Å². The third-order valence-corrected chi connectivity index (χ3v) is 12.4. The summed E-state index contributed by atoms with van der Waals surface area (Å²) in [6.45, 7) is 6.60. The molecule has 0 spiro atoms. The number of fused-ring (bicyclic) bond motifs is 8. The Morgan fingerprint density at radius 1 is 0.524 bits per heavy atom. The molecule has 302 valence electrons. The molecule has 0 bridgehead atoms. The first-order chi connectivity index (χ1) is 30.5. The van der Waals surface area contributed by atoms with Crippen LogP contribution in [0, 0.1) is 32.9 Å². The Bertz CT molecular complexity index is 3380. The van der Waals surface area contributed by atoms with E-state index in [0.717, 1.165) is 94.7 Å². The molecule has 7 aromatic carbocycles. The minimum absolute atomic E-state index is 0. The minimum atomic E-state index is -0.0476. The zero-order chi connectivity index (χ0) is 41.5. The summed E-state index contributed by atoms with van der Waals surface area (Å²) in [7, 11) is 0. The maximum absolute atomic E-state index is 7.14. The number of aromatic nitrogens is 4. The van der Waals surface area contributed by atoms with Crippen LogP contribution in [0.25, 0.3) is 55.2 Å². The Morgan fingerprint density at radius 3 is 1.62 bits per heavy atom. The maximum atomic E-state index is 7.14. The molecule has 4 aromatic heterocycles. The van der Waals surface area contributed by atoms with Crippen LogP contribution in [0.15, 0.2) is 176 Å². The van der Waals surface area contributed by atoms with Crippen molar-refractivity contribution in [3.63, 3.8) is 0 Å². The molecular weight excluding hydrogens is 953 g/mol. The van der Waals surface area contributed by atoms with E-state index < -0.39 is 0 Å². The van der Waals surface area contributed by atoms with Crippen LogP contribution in [0.1, 0.15) is 16.7 Å². The predicted octanol–water partition coefficient (Wildman–Crippen LogP) is 11.3. The standard InChI is InChI=1S/C55H38BN5O.Pt/c1-35-31-36(2)54(37(3)32-35)56-44-17-6-9-22-51(44)62-55-45(56)18-14-21-48(55)59(38-25-27-42-40-15-4-7-19-46(40)60(49(42)33-38)52-23-10-12-29-57-52)39-26-28-43-41-16-5-8-20-47(41)61(50(43)34-39)53-24-11-13-30-58-53;/h4-32H,1-3H3;/q-2;+2. The zero-order valence-corrected chi connectivity index (χ0v) is 37.1. The van der Waals surface area contributed by atoms with Gasteiger partial charge in [0.2, 0.25) is 0 Å². The van der Waals surface area contributed by atoms with Gasteiger partial charge >= 0.3 is 21.1 Å². The Morgan fingerprint density at radius 2 is 1.05 bits per heavy atom. The summed E-state index contributed by atoms with van der Waals surface area (Å²) in [6, 6.07) is 65.4. The summed E-state index contributed by atoms with van der Waals surface area (Å²) < 4.78 is 11.6. The van der Waals surface area contributed by atoms with Crippen LogP contribution in [0.5, 0.6) is 11.5 Å². The Hall–Kier alpha value is -7.21. The van der Waals surface area contributed by atoms with Crippen LogP contribution >= 0.6 is 0 Å². The molecule has 5 heterocycles. The van der Waals surface area contributed by atoms with E-state index >= 15 is 0 Å². The van der Waals surface area contributed by atoms with Crippen molar-refractivity contribution < 1.29 is 25.8 Å². The van der Waals surface area contributed by atoms with Crippen molar-refractivity contribution >= 4 is 83.8 Å². The summed E-state index contributed by atoms with van der Waals surface area (Å²) in [6.07, 6.45) is 3.69. The van der Waals surface area contributed by atoms with Crippen molar-refractivity contribution in [1.82, 2.24) is 19.1 Å². The number of anilines is 3. The molecule has 0 fully saturated rings. The summed E-state index contributed by atoms with van der Waals surface area (Å²) in [4.78, 5) is 11.9. The third-order valence-electron chi connectivity index (χ3n) is 12.4. The fourth-order valence-corrected chi connectivity index (χ4v) is 9.97. The van der Waals surface area contributed by atoms with Crippen LogP contribution in [-0.4, -0.2) is 25.8 Å². The predicted molar refractivity (Wildman–Crippen MR) is 255 cm³/mol. The average molecular weight is 991 g/mol. The van der Waals surface area contributed by atoms with Crippen molar-refractivity contribution in [2.24, 2.45) is 0 Å². The first-order valence-corrected chi connectivity index (χ1v) is 21.0. The van der Waals surface area contributed by atoms with Crippen molar-refractivity contribution in [2.45, 2.75) is 20.8 Å². The Balaban J connectivity index is 0.00000444. The van der Waals surface area contributed by atoms with E-state index in [1.165, 1.54) is 22.2 Å². The Kier molecular flexibility index (Phi) is 9.40. The Labute approximate surface area is 380 Å². The minimum Gasteiger partial charge on any atom is -0.456 e. The number of rotatable bonds is 6. The quantitative estimate of drug-likeness (QED) is 0.123. The fourth-order valence-electron chi connectivity index (χ4n) is 9.97. The molecule has 11 aromatic rings. The van der Waals surface area contributed by atoms with Gasteiger partial charge in [-0.05, 0) is 91.0 Å². The van der Waals surface area contributed by atoms with E-state index in [0.29, 0.717) is 0 Å². The second-order valence-electron chi connectivity index (χ2n) is 16.2. The first-order valence-electron chi connectivity index (χ1n) is 21.0. The van der Waals surface area contributed by atoms with Gasteiger partial charge in [0, 0.05) is 23.4 Å². The first kappa shape index (κ1) is 38.7. The number of ether oxygens (including phenoxy) is 1. The molecule has 0 unspecified atom stereocenters. The van der Waals surface area contributed by atoms with Crippen molar-refractivity contribution in [3.8, 4) is 23.1 Å². The molecule has 63 heavy (non-hydrogen) atoms. The molecule has 12 rings (SSSR count). The largest absolute Gasteiger partial charge is 2.00 e. The van der Waals surface area contributed by atoms with Crippen molar-refractivity contribution in [1.29, 1.82) is 0 Å². The third kappa shape index (κ3) is 6.13. The van der Waals surface area contributed by atoms with E-state index in [1.807, 2.05) is 36.7 Å². The summed E-state index contributed by atoms with van der Waals surface area (Å²) in [5, 5.41) is 4.46. The van der Waals surface area contributed by atoms with Gasteiger partial charge in [-0.25, -0.2) is 9.97 Å². The molecule has 8 heteroatoms. The maximum Gasteiger partial charge on any atom is 2.00 e. The van der Waals surface area contributed by atoms with Gasteiger partial charge < -0.3 is 18.8 Å². The number of para-hydroxylation sites is 4. The molecule has 0 atom stereocenters. The average Bonchev–Trinajstić information content (AvgIpc) is 3.81. The van der Waals surface area contributed by atoms with Gasteiger partial charge in [-0.15, -0.1) is 35.0 Å². The molecular formula is C55H38BN5OPt. The SMILES string of the molecule is Cc1cc(C)c(B2c3ccccc3Oc3c2cccc3N(c2[c-]c3c(cc2)c2ccccc2n3-c2ccccn2)c2[c-]c3c(cc2)c2ccccc2n3-c2ccccn2)c(C)c1.[Pt+2]. The number of pyridine rings is 2. The molecule has 0 aliphatic carbocycles. The van der Waals surface area contributed by atoms with Gasteiger partial charge in [0.15, 0.2) is 0 Å². The normalized spacial score (nSPS) is 12.0. The van der Waals surface area contributed by atoms with Gasteiger partial charge in [-0.1, -0.05) is 136 Å². The molecule has 0 saturated carbocycles.